The molecule has 0 radical (unpaired) electrons. The first-order valence-corrected chi connectivity index (χ1v) is 5.92. The van der Waals surface area contributed by atoms with Crippen molar-refractivity contribution in [2.45, 2.75) is 0 Å². The number of nitrogens with one attached hydrogen (secondary N) is 1. The summed E-state index contributed by atoms with van der Waals surface area (Å²) in [7, 11) is 0. The maximum absolute atomic E-state index is 4.26. The van der Waals surface area contributed by atoms with E-state index in [1.54, 1.807) is 43.5 Å². The van der Waals surface area contributed by atoms with Crippen molar-refractivity contribution < 1.29 is 0 Å². The highest BCUT2D eigenvalue weighted by molar-refractivity contribution is 6.03. The Hall–Kier alpha value is -3.00. The number of H-pyrrole nitrogens is 1. The molecule has 8 nitrogen and oxygen atoms in total. The fourth-order valence-electron chi connectivity index (χ4n) is 2.20. The summed E-state index contributed by atoms with van der Waals surface area (Å²) >= 11 is 0. The average Bonchev–Trinajstić information content (AvgIpc) is 3.15. The SMILES string of the molecule is C1=NC=NC2=CN=C[N+]12c1[nH]ncc1-c1ncccn1. The zero-order valence-corrected chi connectivity index (χ0v) is 10.2. The smallest absolute Gasteiger partial charge is 0.236 e. The van der Waals surface area contributed by atoms with Gasteiger partial charge in [0.2, 0.25) is 12.7 Å². The number of fused-ring (bicyclic) bond motifs is 1. The lowest BCUT2D eigenvalue weighted by molar-refractivity contribution is 0.721. The van der Waals surface area contributed by atoms with E-state index in [1.165, 1.54) is 6.34 Å². The van der Waals surface area contributed by atoms with Crippen molar-refractivity contribution in [1.29, 1.82) is 0 Å². The van der Waals surface area contributed by atoms with Gasteiger partial charge in [-0.05, 0) is 6.07 Å². The van der Waals surface area contributed by atoms with E-state index in [0.29, 0.717) is 5.82 Å². The Bertz CT molecular complexity index is 770. The number of quaternary nitrogens is 1. The minimum absolute atomic E-state index is 0.157. The molecule has 0 fully saturated rings. The number of nitrogens with zero attached hydrogens (tertiary/aromatic N) is 7. The molecule has 0 saturated carbocycles. The highest BCUT2D eigenvalue weighted by Gasteiger charge is 2.42. The van der Waals surface area contributed by atoms with Crippen molar-refractivity contribution in [1.82, 2.24) is 24.6 Å². The second kappa shape index (κ2) is 4.00. The molecule has 2 aliphatic rings. The predicted octanol–water partition coefficient (Wildman–Crippen LogP) is 1.08. The summed E-state index contributed by atoms with van der Waals surface area (Å²) in [5.74, 6) is 2.08. The van der Waals surface area contributed by atoms with Crippen molar-refractivity contribution in [3.63, 3.8) is 0 Å². The zero-order valence-electron chi connectivity index (χ0n) is 10.2. The van der Waals surface area contributed by atoms with Gasteiger partial charge in [0.05, 0.1) is 6.20 Å². The molecule has 2 aromatic heterocycles. The first kappa shape index (κ1) is 10.9. The van der Waals surface area contributed by atoms with Crippen LogP contribution in [0.3, 0.4) is 0 Å². The predicted molar refractivity (Wildman–Crippen MR) is 75.0 cm³/mol. The van der Waals surface area contributed by atoms with Gasteiger partial charge in [0, 0.05) is 12.4 Å². The molecule has 1 unspecified atom stereocenters. The van der Waals surface area contributed by atoms with Crippen molar-refractivity contribution in [3.05, 3.63) is 36.7 Å². The van der Waals surface area contributed by atoms with Gasteiger partial charge in [0.15, 0.2) is 5.82 Å². The lowest BCUT2D eigenvalue weighted by atomic mass is 10.2. The largest absolute Gasteiger partial charge is 0.266 e. The Morgan fingerprint density at radius 3 is 2.80 bits per heavy atom. The molecule has 96 valence electrons. The van der Waals surface area contributed by atoms with Crippen LogP contribution in [-0.4, -0.2) is 39.2 Å². The molecular formula is C12H9N8+. The van der Waals surface area contributed by atoms with Crippen molar-refractivity contribution in [2.75, 3.05) is 0 Å². The van der Waals surface area contributed by atoms with E-state index in [2.05, 4.69) is 35.1 Å². The van der Waals surface area contributed by atoms with Crippen LogP contribution in [0, 0.1) is 0 Å². The summed E-state index contributed by atoms with van der Waals surface area (Å²) in [5, 5.41) is 7.09. The lowest BCUT2D eigenvalue weighted by Gasteiger charge is -2.24. The summed E-state index contributed by atoms with van der Waals surface area (Å²) < 4.78 is 0.157. The Morgan fingerprint density at radius 2 is 1.90 bits per heavy atom. The van der Waals surface area contributed by atoms with Gasteiger partial charge in [0.1, 0.15) is 18.1 Å². The fourth-order valence-corrected chi connectivity index (χ4v) is 2.20. The molecule has 0 spiro atoms. The normalized spacial score (nSPS) is 22.9. The van der Waals surface area contributed by atoms with Gasteiger partial charge >= 0.3 is 0 Å². The summed E-state index contributed by atoms with van der Waals surface area (Å²) in [6.07, 6.45) is 11.7. The van der Waals surface area contributed by atoms with Crippen LogP contribution in [0.1, 0.15) is 0 Å². The van der Waals surface area contributed by atoms with Crippen LogP contribution < -0.4 is 4.48 Å². The Morgan fingerprint density at radius 1 is 1.05 bits per heavy atom. The van der Waals surface area contributed by atoms with E-state index in [9.17, 15) is 0 Å². The van der Waals surface area contributed by atoms with Crippen LogP contribution in [-0.2, 0) is 0 Å². The quantitative estimate of drug-likeness (QED) is 0.824. The molecule has 2 aliphatic heterocycles. The van der Waals surface area contributed by atoms with E-state index in [-0.39, 0.29) is 4.48 Å². The zero-order chi connectivity index (χ0) is 13.4. The minimum atomic E-state index is 0.157. The third-order valence-corrected chi connectivity index (χ3v) is 3.12. The van der Waals surface area contributed by atoms with E-state index >= 15 is 0 Å². The second-order valence-electron chi connectivity index (χ2n) is 4.24. The van der Waals surface area contributed by atoms with Gasteiger partial charge in [-0.25, -0.2) is 20.1 Å². The standard InChI is InChI=1S/C12H9N8/c1-2-15-11(16-3-1)9-4-18-19-12(9)20-7-13-5-10(20)17-6-14-8-20/h1-8H,(H,18,19)/q+1. The van der Waals surface area contributed by atoms with Gasteiger partial charge in [-0.2, -0.15) is 15.1 Å². The molecular weight excluding hydrogens is 256 g/mol. The molecule has 1 N–H and O–H groups in total. The topological polar surface area (TPSA) is 91.5 Å². The molecule has 1 atom stereocenters. The number of hydrogen-bond acceptors (Lipinski definition) is 6. The molecule has 0 saturated heterocycles. The van der Waals surface area contributed by atoms with Gasteiger partial charge in [0.25, 0.3) is 11.6 Å². The van der Waals surface area contributed by atoms with Crippen LogP contribution >= 0.6 is 0 Å². The highest BCUT2D eigenvalue weighted by Crippen LogP contribution is 2.35. The number of hydrogen-bond donors (Lipinski definition) is 1. The van der Waals surface area contributed by atoms with Gasteiger partial charge in [-0.3, -0.25) is 0 Å². The van der Waals surface area contributed by atoms with Crippen molar-refractivity contribution in [3.8, 4) is 11.4 Å². The van der Waals surface area contributed by atoms with Crippen molar-refractivity contribution >= 4 is 24.8 Å². The molecule has 0 aliphatic carbocycles. The third-order valence-electron chi connectivity index (χ3n) is 3.12. The van der Waals surface area contributed by atoms with E-state index in [4.69, 9.17) is 0 Å². The number of aromatic nitrogens is 4. The fraction of sp³-hybridized carbons (Fsp3) is 0. The van der Waals surface area contributed by atoms with E-state index < -0.39 is 0 Å². The molecule has 2 aromatic rings. The van der Waals surface area contributed by atoms with Crippen LogP contribution in [0.2, 0.25) is 0 Å². The van der Waals surface area contributed by atoms with Crippen LogP contribution in [0.4, 0.5) is 5.82 Å². The van der Waals surface area contributed by atoms with Crippen LogP contribution in [0.15, 0.2) is 51.7 Å². The summed E-state index contributed by atoms with van der Waals surface area (Å²) in [6, 6.07) is 1.77. The molecule has 0 bridgehead atoms. The van der Waals surface area contributed by atoms with Crippen molar-refractivity contribution in [2.24, 2.45) is 15.0 Å². The first-order valence-electron chi connectivity index (χ1n) is 5.92. The van der Waals surface area contributed by atoms with Crippen LogP contribution in [0.25, 0.3) is 11.4 Å². The number of aliphatic imine (C=N–C) groups is 3. The molecule has 8 heteroatoms. The Kier molecular flexibility index (Phi) is 2.18. The Balaban J connectivity index is 1.91. The maximum Gasteiger partial charge on any atom is 0.266 e. The summed E-state index contributed by atoms with van der Waals surface area (Å²) in [6.45, 7) is 0. The number of aromatic amines is 1. The molecule has 0 amide bonds. The van der Waals surface area contributed by atoms with Gasteiger partial charge in [-0.1, -0.05) is 0 Å². The first-order chi connectivity index (χ1) is 9.90. The third kappa shape index (κ3) is 1.39. The summed E-state index contributed by atoms with van der Waals surface area (Å²) in [5.41, 5.74) is 0.786. The summed E-state index contributed by atoms with van der Waals surface area (Å²) in [4.78, 5) is 21.1. The maximum atomic E-state index is 4.26. The highest BCUT2D eigenvalue weighted by atomic mass is 15.5. The molecule has 4 heterocycles. The van der Waals surface area contributed by atoms with Gasteiger partial charge < -0.3 is 0 Å². The number of rotatable bonds is 2. The van der Waals surface area contributed by atoms with Crippen LogP contribution in [0.5, 0.6) is 0 Å². The molecule has 20 heavy (non-hydrogen) atoms. The van der Waals surface area contributed by atoms with Gasteiger partial charge in [-0.15, -0.1) is 4.48 Å². The lowest BCUT2D eigenvalue weighted by Crippen LogP contribution is -2.45. The van der Waals surface area contributed by atoms with E-state index in [0.717, 1.165) is 17.2 Å². The molecule has 0 aromatic carbocycles. The molecule has 4 rings (SSSR count). The average molecular weight is 265 g/mol. The minimum Gasteiger partial charge on any atom is -0.236 e. The second-order valence-corrected chi connectivity index (χ2v) is 4.24. The van der Waals surface area contributed by atoms with E-state index in [1.807, 2.05) is 0 Å². The Labute approximate surface area is 113 Å². The monoisotopic (exact) mass is 265 g/mol.